The minimum absolute atomic E-state index is 0.188. The summed E-state index contributed by atoms with van der Waals surface area (Å²) in [6, 6.07) is 1.75. The molecule has 0 spiro atoms. The summed E-state index contributed by atoms with van der Waals surface area (Å²) in [7, 11) is 0. The summed E-state index contributed by atoms with van der Waals surface area (Å²) < 4.78 is 6.69. The lowest BCUT2D eigenvalue weighted by Gasteiger charge is -2.03. The van der Waals surface area contributed by atoms with Crippen LogP contribution in [0.2, 0.25) is 0 Å². The Morgan fingerprint density at radius 3 is 2.83 bits per heavy atom. The van der Waals surface area contributed by atoms with Gasteiger partial charge in [-0.1, -0.05) is 19.0 Å². The molecule has 0 fully saturated rings. The first-order valence-corrected chi connectivity index (χ1v) is 5.70. The molecule has 0 aliphatic rings. The fourth-order valence-electron chi connectivity index (χ4n) is 1.72. The van der Waals surface area contributed by atoms with Gasteiger partial charge < -0.3 is 14.2 Å². The van der Waals surface area contributed by atoms with E-state index < -0.39 is 5.97 Å². The van der Waals surface area contributed by atoms with Crippen molar-refractivity contribution in [2.75, 3.05) is 0 Å². The summed E-state index contributed by atoms with van der Waals surface area (Å²) in [5, 5.41) is 13.0. The van der Waals surface area contributed by atoms with Crippen molar-refractivity contribution in [3.05, 3.63) is 35.2 Å². The molecule has 0 radical (unpaired) electrons. The standard InChI is InChI=1S/C12H15N3O3/c1-7(2)11-13-9(18-14-11)6-15-5-4-8(3)10(15)12(16)17/h4-5,7H,6H2,1-3H3,(H,16,17). The highest BCUT2D eigenvalue weighted by Gasteiger charge is 2.16. The predicted octanol–water partition coefficient (Wildman–Crippen LogP) is 2.05. The van der Waals surface area contributed by atoms with Crippen molar-refractivity contribution in [1.82, 2.24) is 14.7 Å². The van der Waals surface area contributed by atoms with Gasteiger partial charge in [-0.15, -0.1) is 0 Å². The molecule has 0 aromatic carbocycles. The topological polar surface area (TPSA) is 81.2 Å². The first-order valence-electron chi connectivity index (χ1n) is 5.70. The fraction of sp³-hybridized carbons (Fsp3) is 0.417. The summed E-state index contributed by atoms with van der Waals surface area (Å²) in [5.74, 6) is 0.275. The zero-order chi connectivity index (χ0) is 13.3. The van der Waals surface area contributed by atoms with E-state index in [2.05, 4.69) is 10.1 Å². The van der Waals surface area contributed by atoms with Gasteiger partial charge in [0.25, 0.3) is 0 Å². The lowest BCUT2D eigenvalue weighted by molar-refractivity contribution is 0.0684. The zero-order valence-corrected chi connectivity index (χ0v) is 10.5. The Balaban J connectivity index is 2.26. The molecule has 0 saturated heterocycles. The molecular formula is C12H15N3O3. The average molecular weight is 249 g/mol. The molecule has 0 saturated carbocycles. The molecule has 0 aliphatic carbocycles. The van der Waals surface area contributed by atoms with E-state index in [-0.39, 0.29) is 18.2 Å². The van der Waals surface area contributed by atoms with E-state index in [1.165, 1.54) is 0 Å². The lowest BCUT2D eigenvalue weighted by atomic mass is 10.2. The van der Waals surface area contributed by atoms with Gasteiger partial charge in [0.1, 0.15) is 12.2 Å². The molecular weight excluding hydrogens is 234 g/mol. The Morgan fingerprint density at radius 2 is 2.28 bits per heavy atom. The number of carboxylic acid groups (broad SMARTS) is 1. The van der Waals surface area contributed by atoms with E-state index >= 15 is 0 Å². The summed E-state index contributed by atoms with van der Waals surface area (Å²) in [4.78, 5) is 15.3. The smallest absolute Gasteiger partial charge is 0.352 e. The van der Waals surface area contributed by atoms with Crippen LogP contribution in [0.3, 0.4) is 0 Å². The van der Waals surface area contributed by atoms with Gasteiger partial charge in [0.15, 0.2) is 5.82 Å². The van der Waals surface area contributed by atoms with Gasteiger partial charge in [0.05, 0.1) is 0 Å². The van der Waals surface area contributed by atoms with Crippen molar-refractivity contribution in [2.45, 2.75) is 33.2 Å². The number of carbonyl (C=O) groups is 1. The Hall–Kier alpha value is -2.11. The third-order valence-electron chi connectivity index (χ3n) is 2.67. The molecule has 6 nitrogen and oxygen atoms in total. The molecule has 1 N–H and O–H groups in total. The van der Waals surface area contributed by atoms with E-state index in [4.69, 9.17) is 9.63 Å². The average Bonchev–Trinajstić information content (AvgIpc) is 2.86. The summed E-state index contributed by atoms with van der Waals surface area (Å²) in [5.41, 5.74) is 0.963. The molecule has 96 valence electrons. The van der Waals surface area contributed by atoms with E-state index in [1.807, 2.05) is 13.8 Å². The van der Waals surface area contributed by atoms with Crippen LogP contribution in [0.4, 0.5) is 0 Å². The quantitative estimate of drug-likeness (QED) is 0.896. The number of rotatable bonds is 4. The molecule has 2 rings (SSSR count). The van der Waals surface area contributed by atoms with Crippen LogP contribution in [0.25, 0.3) is 0 Å². The lowest BCUT2D eigenvalue weighted by Crippen LogP contribution is -2.10. The highest BCUT2D eigenvalue weighted by Crippen LogP contribution is 2.14. The van der Waals surface area contributed by atoms with Crippen LogP contribution in [0.15, 0.2) is 16.8 Å². The first-order chi connectivity index (χ1) is 8.49. The fourth-order valence-corrected chi connectivity index (χ4v) is 1.72. The van der Waals surface area contributed by atoms with Gasteiger partial charge >= 0.3 is 5.97 Å². The minimum atomic E-state index is -0.957. The van der Waals surface area contributed by atoms with Crippen molar-refractivity contribution in [1.29, 1.82) is 0 Å². The largest absolute Gasteiger partial charge is 0.477 e. The SMILES string of the molecule is Cc1ccn(Cc2nc(C(C)C)no2)c1C(=O)O. The van der Waals surface area contributed by atoms with E-state index in [1.54, 1.807) is 23.8 Å². The number of hydrogen-bond donors (Lipinski definition) is 1. The van der Waals surface area contributed by atoms with Crippen LogP contribution < -0.4 is 0 Å². The van der Waals surface area contributed by atoms with E-state index in [9.17, 15) is 4.79 Å². The van der Waals surface area contributed by atoms with E-state index in [0.717, 1.165) is 0 Å². The monoisotopic (exact) mass is 249 g/mol. The molecule has 2 aromatic heterocycles. The number of carboxylic acids is 1. The maximum atomic E-state index is 11.1. The Labute approximate surface area is 104 Å². The number of nitrogens with zero attached hydrogens (tertiary/aromatic N) is 3. The molecule has 0 aliphatic heterocycles. The highest BCUT2D eigenvalue weighted by atomic mass is 16.5. The molecule has 18 heavy (non-hydrogen) atoms. The maximum Gasteiger partial charge on any atom is 0.352 e. The molecule has 2 heterocycles. The number of aryl methyl sites for hydroxylation is 1. The van der Waals surface area contributed by atoms with Crippen LogP contribution in [-0.2, 0) is 6.54 Å². The summed E-state index contributed by atoms with van der Waals surface area (Å²) in [6.45, 7) is 5.97. The number of aromatic nitrogens is 3. The molecule has 0 bridgehead atoms. The van der Waals surface area contributed by atoms with Crippen molar-refractivity contribution in [3.8, 4) is 0 Å². The number of hydrogen-bond acceptors (Lipinski definition) is 4. The Kier molecular flexibility index (Phi) is 3.18. The van der Waals surface area contributed by atoms with Gasteiger partial charge in [-0.2, -0.15) is 4.98 Å². The van der Waals surface area contributed by atoms with Gasteiger partial charge in [-0.25, -0.2) is 4.79 Å². The predicted molar refractivity (Wildman–Crippen MR) is 63.6 cm³/mol. The third-order valence-corrected chi connectivity index (χ3v) is 2.67. The number of aromatic carboxylic acids is 1. The van der Waals surface area contributed by atoms with Gasteiger partial charge in [0.2, 0.25) is 5.89 Å². The highest BCUT2D eigenvalue weighted by molar-refractivity contribution is 5.87. The Bertz CT molecular complexity index is 569. The molecule has 0 unspecified atom stereocenters. The van der Waals surface area contributed by atoms with Crippen molar-refractivity contribution in [3.63, 3.8) is 0 Å². The minimum Gasteiger partial charge on any atom is -0.477 e. The zero-order valence-electron chi connectivity index (χ0n) is 10.5. The normalized spacial score (nSPS) is 11.1. The van der Waals surface area contributed by atoms with Crippen LogP contribution in [0, 0.1) is 6.92 Å². The van der Waals surface area contributed by atoms with Gasteiger partial charge in [0, 0.05) is 12.1 Å². The van der Waals surface area contributed by atoms with Crippen molar-refractivity contribution >= 4 is 5.97 Å². The second-order valence-electron chi connectivity index (χ2n) is 4.48. The van der Waals surface area contributed by atoms with Crippen LogP contribution >= 0.6 is 0 Å². The Morgan fingerprint density at radius 1 is 1.56 bits per heavy atom. The first kappa shape index (κ1) is 12.3. The molecule has 2 aromatic rings. The van der Waals surface area contributed by atoms with Crippen LogP contribution in [0.1, 0.15) is 47.5 Å². The summed E-state index contributed by atoms with van der Waals surface area (Å²) >= 11 is 0. The molecule has 0 atom stereocenters. The van der Waals surface area contributed by atoms with Crippen LogP contribution in [0.5, 0.6) is 0 Å². The van der Waals surface area contributed by atoms with Crippen molar-refractivity contribution in [2.24, 2.45) is 0 Å². The van der Waals surface area contributed by atoms with Gasteiger partial charge in [-0.05, 0) is 18.6 Å². The van der Waals surface area contributed by atoms with Crippen LogP contribution in [-0.4, -0.2) is 25.8 Å². The second kappa shape index (κ2) is 4.64. The van der Waals surface area contributed by atoms with Gasteiger partial charge in [-0.3, -0.25) is 0 Å². The third kappa shape index (κ3) is 2.27. The van der Waals surface area contributed by atoms with E-state index in [0.29, 0.717) is 17.3 Å². The summed E-state index contributed by atoms with van der Waals surface area (Å²) in [6.07, 6.45) is 1.71. The molecule has 6 heteroatoms. The second-order valence-corrected chi connectivity index (χ2v) is 4.48. The molecule has 0 amide bonds. The maximum absolute atomic E-state index is 11.1. The van der Waals surface area contributed by atoms with Crippen molar-refractivity contribution < 1.29 is 14.4 Å².